The van der Waals surface area contributed by atoms with Gasteiger partial charge >= 0.3 is 0 Å². The summed E-state index contributed by atoms with van der Waals surface area (Å²) in [6.45, 7) is 17.0. The van der Waals surface area contributed by atoms with E-state index in [1.54, 1.807) is 6.92 Å². The van der Waals surface area contributed by atoms with Crippen molar-refractivity contribution in [1.29, 1.82) is 0 Å². The summed E-state index contributed by atoms with van der Waals surface area (Å²) in [4.78, 5) is 11.5. The zero-order valence-corrected chi connectivity index (χ0v) is 16.3. The first-order chi connectivity index (χ1) is 12.0. The lowest BCUT2D eigenvalue weighted by Gasteiger charge is -2.09. The van der Waals surface area contributed by atoms with Crippen LogP contribution in [0.4, 0.5) is 0 Å². The SMILES string of the molecule is C=C.CCOC(C)OCC.CCc1ccc2cccc(C(C)=O)c2c1. The van der Waals surface area contributed by atoms with Gasteiger partial charge in [0, 0.05) is 18.8 Å². The van der Waals surface area contributed by atoms with E-state index < -0.39 is 0 Å². The predicted octanol–water partition coefficient (Wildman–Crippen LogP) is 5.81. The third-order valence-corrected chi connectivity index (χ3v) is 3.54. The Morgan fingerprint density at radius 2 is 1.64 bits per heavy atom. The highest BCUT2D eigenvalue weighted by atomic mass is 16.7. The average molecular weight is 344 g/mol. The molecule has 3 heteroatoms. The third kappa shape index (κ3) is 8.10. The number of aryl methyl sites for hydroxylation is 1. The van der Waals surface area contributed by atoms with E-state index in [2.05, 4.69) is 38.3 Å². The van der Waals surface area contributed by atoms with Gasteiger partial charge in [-0.3, -0.25) is 4.79 Å². The monoisotopic (exact) mass is 344 g/mol. The molecule has 138 valence electrons. The third-order valence-electron chi connectivity index (χ3n) is 3.54. The molecule has 0 aliphatic heterocycles. The highest BCUT2D eigenvalue weighted by Gasteiger charge is 2.05. The standard InChI is InChI=1S/C14H14O.C6H14O2.C2H4/c1-3-11-7-8-12-5-4-6-13(10(2)15)14(12)9-11;1-4-7-6(3)8-5-2;1-2/h4-9H,3H2,1-2H3;6H,4-5H2,1-3H3;1-2H2. The van der Waals surface area contributed by atoms with Crippen LogP contribution in [0.1, 0.15) is 50.5 Å². The van der Waals surface area contributed by atoms with Crippen LogP contribution in [-0.4, -0.2) is 25.3 Å². The fourth-order valence-electron chi connectivity index (χ4n) is 2.36. The van der Waals surface area contributed by atoms with Gasteiger partial charge in [-0.05, 0) is 50.5 Å². The molecule has 0 fully saturated rings. The first-order valence-corrected chi connectivity index (χ1v) is 8.79. The molecular weight excluding hydrogens is 312 g/mol. The van der Waals surface area contributed by atoms with Gasteiger partial charge in [0.2, 0.25) is 0 Å². The minimum atomic E-state index is -0.0370. The van der Waals surface area contributed by atoms with Crippen molar-refractivity contribution in [2.75, 3.05) is 13.2 Å². The second-order valence-electron chi connectivity index (χ2n) is 5.25. The summed E-state index contributed by atoms with van der Waals surface area (Å²) in [5, 5.41) is 2.21. The van der Waals surface area contributed by atoms with E-state index >= 15 is 0 Å². The Balaban J connectivity index is 0.000000493. The summed E-state index contributed by atoms with van der Waals surface area (Å²) in [5.41, 5.74) is 2.10. The second-order valence-corrected chi connectivity index (χ2v) is 5.25. The van der Waals surface area contributed by atoms with Gasteiger partial charge in [0.25, 0.3) is 0 Å². The lowest BCUT2D eigenvalue weighted by Crippen LogP contribution is -2.11. The lowest BCUT2D eigenvalue weighted by molar-refractivity contribution is -0.123. The van der Waals surface area contributed by atoms with Crippen molar-refractivity contribution in [1.82, 2.24) is 0 Å². The van der Waals surface area contributed by atoms with Crippen molar-refractivity contribution < 1.29 is 14.3 Å². The van der Waals surface area contributed by atoms with Crippen molar-refractivity contribution in [3.8, 4) is 0 Å². The molecule has 2 aromatic rings. The highest BCUT2D eigenvalue weighted by Crippen LogP contribution is 2.21. The fraction of sp³-hybridized carbons (Fsp3) is 0.409. The van der Waals surface area contributed by atoms with Crippen LogP contribution in [0.15, 0.2) is 49.6 Å². The number of carbonyl (C=O) groups is 1. The number of ketones is 1. The smallest absolute Gasteiger partial charge is 0.160 e. The van der Waals surface area contributed by atoms with Gasteiger partial charge in [0.05, 0.1) is 0 Å². The Morgan fingerprint density at radius 3 is 2.12 bits per heavy atom. The molecule has 0 aromatic heterocycles. The van der Waals surface area contributed by atoms with E-state index in [1.165, 1.54) is 5.56 Å². The molecule has 2 aromatic carbocycles. The Kier molecular flexibility index (Phi) is 12.3. The molecule has 0 saturated carbocycles. The molecule has 2 rings (SSSR count). The van der Waals surface area contributed by atoms with Crippen molar-refractivity contribution in [2.24, 2.45) is 0 Å². The highest BCUT2D eigenvalue weighted by molar-refractivity contribution is 6.07. The summed E-state index contributed by atoms with van der Waals surface area (Å²) in [7, 11) is 0. The zero-order valence-electron chi connectivity index (χ0n) is 16.3. The van der Waals surface area contributed by atoms with Crippen LogP contribution < -0.4 is 0 Å². The first kappa shape index (κ1) is 23.0. The first-order valence-electron chi connectivity index (χ1n) is 8.79. The Morgan fingerprint density at radius 1 is 1.04 bits per heavy atom. The van der Waals surface area contributed by atoms with Gasteiger partial charge in [0.15, 0.2) is 12.1 Å². The minimum Gasteiger partial charge on any atom is -0.353 e. The van der Waals surface area contributed by atoms with E-state index in [0.717, 1.165) is 36.0 Å². The fourth-order valence-corrected chi connectivity index (χ4v) is 2.36. The van der Waals surface area contributed by atoms with E-state index in [-0.39, 0.29) is 12.1 Å². The number of hydrogen-bond donors (Lipinski definition) is 0. The molecule has 25 heavy (non-hydrogen) atoms. The molecule has 0 heterocycles. The molecule has 3 nitrogen and oxygen atoms in total. The molecule has 0 radical (unpaired) electrons. The molecule has 0 aliphatic carbocycles. The maximum absolute atomic E-state index is 11.5. The number of Topliss-reactive ketones (excluding diaryl/α,β-unsaturated/α-hetero) is 1. The van der Waals surface area contributed by atoms with Crippen LogP contribution in [0.3, 0.4) is 0 Å². The molecule has 0 bridgehead atoms. The van der Waals surface area contributed by atoms with Gasteiger partial charge in [-0.25, -0.2) is 0 Å². The predicted molar refractivity (Wildman–Crippen MR) is 107 cm³/mol. The van der Waals surface area contributed by atoms with E-state index in [1.807, 2.05) is 39.0 Å². The molecule has 0 amide bonds. The van der Waals surface area contributed by atoms with Crippen LogP contribution in [0.25, 0.3) is 10.8 Å². The van der Waals surface area contributed by atoms with Crippen molar-refractivity contribution in [3.63, 3.8) is 0 Å². The Labute approximate surface area is 152 Å². The van der Waals surface area contributed by atoms with Gasteiger partial charge in [-0.1, -0.05) is 43.3 Å². The Hall–Kier alpha value is -1.97. The maximum atomic E-state index is 11.5. The molecule has 0 aliphatic rings. The summed E-state index contributed by atoms with van der Waals surface area (Å²) in [6, 6.07) is 12.2. The quantitative estimate of drug-likeness (QED) is 0.377. The lowest BCUT2D eigenvalue weighted by atomic mass is 9.99. The number of fused-ring (bicyclic) bond motifs is 1. The topological polar surface area (TPSA) is 35.5 Å². The van der Waals surface area contributed by atoms with Crippen molar-refractivity contribution >= 4 is 16.6 Å². The normalized spacial score (nSPS) is 9.84. The molecule has 0 spiro atoms. The number of benzene rings is 2. The van der Waals surface area contributed by atoms with Crippen LogP contribution in [0.5, 0.6) is 0 Å². The van der Waals surface area contributed by atoms with Crippen LogP contribution in [0, 0.1) is 0 Å². The number of ether oxygens (including phenoxy) is 2. The average Bonchev–Trinajstić information content (AvgIpc) is 2.63. The van der Waals surface area contributed by atoms with Gasteiger partial charge in [0.1, 0.15) is 0 Å². The van der Waals surface area contributed by atoms with Crippen LogP contribution in [-0.2, 0) is 15.9 Å². The second kappa shape index (κ2) is 13.3. The molecule has 0 saturated heterocycles. The molecule has 0 atom stereocenters. The molecule has 0 unspecified atom stereocenters. The summed E-state index contributed by atoms with van der Waals surface area (Å²) in [6.07, 6.45) is 0.965. The maximum Gasteiger partial charge on any atom is 0.160 e. The number of carbonyl (C=O) groups excluding carboxylic acids is 1. The molecular formula is C22H32O3. The number of rotatable bonds is 6. The van der Waals surface area contributed by atoms with Crippen molar-refractivity contribution in [2.45, 2.75) is 47.3 Å². The minimum absolute atomic E-state index is 0.0370. The number of hydrogen-bond acceptors (Lipinski definition) is 3. The molecule has 0 N–H and O–H groups in total. The van der Waals surface area contributed by atoms with Gasteiger partial charge in [-0.2, -0.15) is 0 Å². The Bertz CT molecular complexity index is 628. The van der Waals surface area contributed by atoms with Gasteiger partial charge in [-0.15, -0.1) is 13.2 Å². The van der Waals surface area contributed by atoms with E-state index in [9.17, 15) is 4.79 Å². The summed E-state index contributed by atoms with van der Waals surface area (Å²) in [5.74, 6) is 0.133. The van der Waals surface area contributed by atoms with Crippen molar-refractivity contribution in [3.05, 3.63) is 60.7 Å². The van der Waals surface area contributed by atoms with Crippen LogP contribution in [0.2, 0.25) is 0 Å². The van der Waals surface area contributed by atoms with E-state index in [4.69, 9.17) is 9.47 Å². The van der Waals surface area contributed by atoms with Gasteiger partial charge < -0.3 is 9.47 Å². The van der Waals surface area contributed by atoms with Crippen LogP contribution >= 0.6 is 0 Å². The van der Waals surface area contributed by atoms with E-state index in [0.29, 0.717) is 0 Å². The zero-order chi connectivity index (χ0) is 19.2. The summed E-state index contributed by atoms with van der Waals surface area (Å²) < 4.78 is 10.1. The largest absolute Gasteiger partial charge is 0.353 e. The summed E-state index contributed by atoms with van der Waals surface area (Å²) >= 11 is 0.